The summed E-state index contributed by atoms with van der Waals surface area (Å²) in [5.41, 5.74) is 4.88. The van der Waals surface area contributed by atoms with Gasteiger partial charge in [-0.05, 0) is 59.8 Å². The van der Waals surface area contributed by atoms with Gasteiger partial charge in [0.15, 0.2) is 5.82 Å². The molecule has 144 valence electrons. The number of aliphatic imine (C=N–C) groups is 1. The fraction of sp³-hybridized carbons (Fsp3) is 0.200. The third-order valence-corrected chi connectivity index (χ3v) is 4.66. The van der Waals surface area contributed by atoms with Crippen LogP contribution < -0.4 is 0 Å². The Labute approximate surface area is 176 Å². The van der Waals surface area contributed by atoms with Crippen molar-refractivity contribution in [1.29, 1.82) is 0 Å². The number of isothiocyanates is 1. The third-order valence-electron chi connectivity index (χ3n) is 4.57. The van der Waals surface area contributed by atoms with Crippen LogP contribution >= 0.6 is 12.2 Å². The zero-order valence-corrected chi connectivity index (χ0v) is 17.1. The van der Waals surface area contributed by atoms with Crippen LogP contribution in [0.5, 0.6) is 0 Å². The van der Waals surface area contributed by atoms with Gasteiger partial charge in [0, 0.05) is 11.6 Å². The van der Waals surface area contributed by atoms with Crippen LogP contribution in [0, 0.1) is 17.7 Å². The second-order valence-corrected chi connectivity index (χ2v) is 6.89. The van der Waals surface area contributed by atoms with Crippen LogP contribution in [0.3, 0.4) is 0 Å². The van der Waals surface area contributed by atoms with Crippen molar-refractivity contribution in [3.05, 3.63) is 83.4 Å². The number of aryl methyl sites for hydroxylation is 1. The molecular formula is C25H21FN2S. The summed E-state index contributed by atoms with van der Waals surface area (Å²) in [5.74, 6) is 5.19. The number of benzene rings is 2. The first-order valence-corrected chi connectivity index (χ1v) is 10.0. The largest absolute Gasteiger partial charge is 0.242 e. The lowest BCUT2D eigenvalue weighted by molar-refractivity contribution is 0.617. The van der Waals surface area contributed by atoms with Gasteiger partial charge in [-0.25, -0.2) is 9.37 Å². The van der Waals surface area contributed by atoms with Crippen LogP contribution in [0.15, 0.2) is 65.8 Å². The van der Waals surface area contributed by atoms with E-state index in [4.69, 9.17) is 0 Å². The monoisotopic (exact) mass is 400 g/mol. The predicted molar refractivity (Wildman–Crippen MR) is 120 cm³/mol. The SMILES string of the molecule is CCCCCc1ccc(-c2ccc(C#Cc3ncc(N=C=S)cc3F)cc2)cc1. The highest BCUT2D eigenvalue weighted by Gasteiger charge is 2.02. The van der Waals surface area contributed by atoms with E-state index < -0.39 is 5.82 Å². The molecule has 3 aromatic rings. The molecule has 0 unspecified atom stereocenters. The minimum Gasteiger partial charge on any atom is -0.242 e. The first-order valence-electron chi connectivity index (χ1n) is 9.64. The molecule has 0 saturated carbocycles. The van der Waals surface area contributed by atoms with Gasteiger partial charge >= 0.3 is 0 Å². The van der Waals surface area contributed by atoms with Gasteiger partial charge in [0.25, 0.3) is 0 Å². The summed E-state index contributed by atoms with van der Waals surface area (Å²) in [6, 6.07) is 17.9. The molecule has 0 aliphatic heterocycles. The molecule has 0 fully saturated rings. The highest BCUT2D eigenvalue weighted by atomic mass is 32.1. The second-order valence-electron chi connectivity index (χ2n) is 6.71. The molecule has 0 spiro atoms. The van der Waals surface area contributed by atoms with E-state index >= 15 is 0 Å². The number of hydrogen-bond acceptors (Lipinski definition) is 3. The molecule has 1 heterocycles. The van der Waals surface area contributed by atoms with E-state index in [-0.39, 0.29) is 5.69 Å². The Kier molecular flexibility index (Phi) is 7.41. The smallest absolute Gasteiger partial charge is 0.159 e. The number of nitrogens with zero attached hydrogens (tertiary/aromatic N) is 2. The molecule has 0 radical (unpaired) electrons. The third kappa shape index (κ3) is 5.93. The van der Waals surface area contributed by atoms with Crippen molar-refractivity contribution in [2.75, 3.05) is 0 Å². The normalized spacial score (nSPS) is 10.0. The molecule has 0 saturated heterocycles. The molecule has 2 aromatic carbocycles. The maximum atomic E-state index is 14.0. The summed E-state index contributed by atoms with van der Waals surface area (Å²) in [6.07, 6.45) is 6.30. The van der Waals surface area contributed by atoms with Gasteiger partial charge in [0.05, 0.1) is 17.0 Å². The molecule has 29 heavy (non-hydrogen) atoms. The van der Waals surface area contributed by atoms with E-state index in [1.807, 2.05) is 24.3 Å². The molecule has 0 atom stereocenters. The van der Waals surface area contributed by atoms with Crippen molar-refractivity contribution >= 4 is 23.1 Å². The van der Waals surface area contributed by atoms with Crippen LogP contribution in [-0.2, 0) is 6.42 Å². The van der Waals surface area contributed by atoms with Crippen molar-refractivity contribution < 1.29 is 4.39 Å². The maximum absolute atomic E-state index is 14.0. The first kappa shape index (κ1) is 20.6. The van der Waals surface area contributed by atoms with Crippen molar-refractivity contribution in [2.24, 2.45) is 4.99 Å². The lowest BCUT2D eigenvalue weighted by Crippen LogP contribution is -1.88. The number of pyridine rings is 1. The predicted octanol–water partition coefficient (Wildman–Crippen LogP) is 6.75. The van der Waals surface area contributed by atoms with Crippen molar-refractivity contribution in [1.82, 2.24) is 4.98 Å². The highest BCUT2D eigenvalue weighted by molar-refractivity contribution is 7.78. The Bertz CT molecular complexity index is 1070. The van der Waals surface area contributed by atoms with E-state index in [1.165, 1.54) is 42.7 Å². The first-order chi connectivity index (χ1) is 14.2. The summed E-state index contributed by atoms with van der Waals surface area (Å²) in [7, 11) is 0. The molecule has 0 N–H and O–H groups in total. The fourth-order valence-electron chi connectivity index (χ4n) is 2.95. The average Bonchev–Trinajstić information content (AvgIpc) is 2.75. The van der Waals surface area contributed by atoms with E-state index in [9.17, 15) is 4.39 Å². The zero-order valence-electron chi connectivity index (χ0n) is 16.3. The van der Waals surface area contributed by atoms with Gasteiger partial charge in [-0.3, -0.25) is 0 Å². The summed E-state index contributed by atoms with van der Waals surface area (Å²) >= 11 is 4.50. The lowest BCUT2D eigenvalue weighted by atomic mass is 10.0. The van der Waals surface area contributed by atoms with Crippen molar-refractivity contribution in [2.45, 2.75) is 32.6 Å². The number of unbranched alkanes of at least 4 members (excludes halogenated alkanes) is 2. The molecule has 0 bridgehead atoms. The fourth-order valence-corrected chi connectivity index (χ4v) is 3.06. The minimum absolute atomic E-state index is 0.0797. The van der Waals surface area contributed by atoms with Gasteiger partial charge < -0.3 is 0 Å². The lowest BCUT2D eigenvalue weighted by Gasteiger charge is -2.05. The molecule has 0 amide bonds. The molecule has 3 rings (SSSR count). The maximum Gasteiger partial charge on any atom is 0.159 e. The van der Waals surface area contributed by atoms with Gasteiger partial charge in [-0.1, -0.05) is 62.1 Å². The summed E-state index contributed by atoms with van der Waals surface area (Å²) < 4.78 is 14.0. The standard InChI is InChI=1S/C25H21FN2S/c1-2-3-4-5-19-6-11-21(12-7-19)22-13-8-20(9-14-22)10-15-25-24(26)16-23(17-27-25)28-18-29/h6-9,11-14,16-17H,2-5H2,1H3. The van der Waals surface area contributed by atoms with E-state index in [0.29, 0.717) is 5.69 Å². The Morgan fingerprint density at radius 1 is 0.966 bits per heavy atom. The Morgan fingerprint density at radius 2 is 1.66 bits per heavy atom. The highest BCUT2D eigenvalue weighted by Crippen LogP contribution is 2.21. The van der Waals surface area contributed by atoms with Crippen molar-refractivity contribution in [3.63, 3.8) is 0 Å². The Hall–Kier alpha value is -3.12. The summed E-state index contributed by atoms with van der Waals surface area (Å²) in [6.45, 7) is 2.22. The van der Waals surface area contributed by atoms with Gasteiger partial charge in [-0.15, -0.1) is 0 Å². The Balaban J connectivity index is 1.70. The second kappa shape index (κ2) is 10.4. The number of thiocarbonyl (C=S) groups is 1. The van der Waals surface area contributed by atoms with Crippen LogP contribution in [0.4, 0.5) is 10.1 Å². The molecule has 4 heteroatoms. The van der Waals surface area contributed by atoms with Gasteiger partial charge in [0.1, 0.15) is 5.69 Å². The molecule has 2 nitrogen and oxygen atoms in total. The molecule has 0 aliphatic carbocycles. The molecular weight excluding hydrogens is 379 g/mol. The summed E-state index contributed by atoms with van der Waals surface area (Å²) in [4.78, 5) is 7.69. The number of rotatable bonds is 6. The topological polar surface area (TPSA) is 25.2 Å². The van der Waals surface area contributed by atoms with E-state index in [0.717, 1.165) is 17.5 Å². The van der Waals surface area contributed by atoms with Gasteiger partial charge in [-0.2, -0.15) is 4.99 Å². The van der Waals surface area contributed by atoms with Crippen LogP contribution in [-0.4, -0.2) is 10.1 Å². The van der Waals surface area contributed by atoms with Crippen LogP contribution in [0.1, 0.15) is 43.0 Å². The van der Waals surface area contributed by atoms with E-state index in [1.54, 1.807) is 0 Å². The number of halogens is 1. The average molecular weight is 401 g/mol. The Morgan fingerprint density at radius 3 is 2.28 bits per heavy atom. The number of aromatic nitrogens is 1. The quantitative estimate of drug-likeness (QED) is 0.198. The summed E-state index contributed by atoms with van der Waals surface area (Å²) in [5, 5.41) is 2.19. The molecule has 0 aliphatic rings. The number of hydrogen-bond donors (Lipinski definition) is 0. The van der Waals surface area contributed by atoms with Crippen LogP contribution in [0.2, 0.25) is 0 Å². The molecule has 1 aromatic heterocycles. The van der Waals surface area contributed by atoms with Crippen molar-refractivity contribution in [3.8, 4) is 23.0 Å². The van der Waals surface area contributed by atoms with Crippen LogP contribution in [0.25, 0.3) is 11.1 Å². The zero-order chi connectivity index (χ0) is 20.5. The minimum atomic E-state index is -0.528. The van der Waals surface area contributed by atoms with E-state index in [2.05, 4.69) is 70.4 Å². The van der Waals surface area contributed by atoms with Gasteiger partial charge in [0.2, 0.25) is 0 Å².